The Bertz CT molecular complexity index is 400. The minimum Gasteiger partial charge on any atom is -0.362 e. The summed E-state index contributed by atoms with van der Waals surface area (Å²) >= 11 is 0. The molecule has 0 aromatic carbocycles. The lowest BCUT2D eigenvalue weighted by Gasteiger charge is -1.79. The van der Waals surface area contributed by atoms with Crippen LogP contribution in [0.3, 0.4) is 0 Å². The number of nitrogens with one attached hydrogen (secondary N) is 1. The van der Waals surface area contributed by atoms with Crippen molar-refractivity contribution >= 4 is 13.2 Å². The van der Waals surface area contributed by atoms with Crippen molar-refractivity contribution in [3.8, 4) is 0 Å². The van der Waals surface area contributed by atoms with E-state index >= 15 is 0 Å². The molecule has 0 bridgehead atoms. The van der Waals surface area contributed by atoms with Crippen molar-refractivity contribution in [1.29, 1.82) is 0 Å². The standard InChI is InChI=1S/C11H13N/c1-9-4-5-11(3)12-7-6-10(2)8-9/h4-8,12H,2-3H2,1H3. The van der Waals surface area contributed by atoms with E-state index in [1.165, 1.54) is 5.56 Å². The average Bonchev–Trinajstić information content (AvgIpc) is 2.05. The largest absolute Gasteiger partial charge is 0.362 e. The molecule has 0 radical (unpaired) electrons. The Morgan fingerprint density at radius 1 is 1.17 bits per heavy atom. The molecule has 62 valence electrons. The maximum absolute atomic E-state index is 3.87. The SMILES string of the molecule is C=c1cc[nH]c(=C)ccc(C)c1. The van der Waals surface area contributed by atoms with Gasteiger partial charge in [-0.15, -0.1) is 0 Å². The van der Waals surface area contributed by atoms with Crippen molar-refractivity contribution in [2.45, 2.75) is 6.92 Å². The van der Waals surface area contributed by atoms with Gasteiger partial charge in [0.2, 0.25) is 0 Å². The van der Waals surface area contributed by atoms with E-state index in [0.29, 0.717) is 0 Å². The predicted octanol–water partition coefficient (Wildman–Crippen LogP) is 1.27. The summed E-state index contributed by atoms with van der Waals surface area (Å²) in [7, 11) is 0. The lowest BCUT2D eigenvalue weighted by Crippen LogP contribution is -1.97. The second-order valence-corrected chi connectivity index (χ2v) is 2.80. The molecule has 0 aliphatic carbocycles. The molecule has 1 heteroatoms. The van der Waals surface area contributed by atoms with Crippen LogP contribution in [0.2, 0.25) is 0 Å². The first-order valence-electron chi connectivity index (χ1n) is 3.86. The molecule has 0 fully saturated rings. The smallest absolute Gasteiger partial charge is 0.0306 e. The van der Waals surface area contributed by atoms with Gasteiger partial charge in [-0.1, -0.05) is 30.9 Å². The number of aromatic amines is 1. The summed E-state index contributed by atoms with van der Waals surface area (Å²) in [6.07, 6.45) is 1.84. The van der Waals surface area contributed by atoms with Crippen molar-refractivity contribution in [2.75, 3.05) is 0 Å². The first kappa shape index (κ1) is 8.60. The molecule has 1 aromatic rings. The normalized spacial score (nSPS) is 9.08. The Morgan fingerprint density at radius 3 is 2.67 bits per heavy atom. The maximum Gasteiger partial charge on any atom is 0.0306 e. The molecule has 0 aliphatic rings. The number of aromatic nitrogens is 1. The van der Waals surface area contributed by atoms with Gasteiger partial charge >= 0.3 is 0 Å². The van der Waals surface area contributed by atoms with Gasteiger partial charge in [0.1, 0.15) is 0 Å². The second kappa shape index (κ2) is 3.77. The number of hydrogen-bond donors (Lipinski definition) is 1. The third-order valence-electron chi connectivity index (χ3n) is 1.53. The van der Waals surface area contributed by atoms with Crippen LogP contribution in [0.25, 0.3) is 13.2 Å². The highest BCUT2D eigenvalue weighted by atomic mass is 14.6. The van der Waals surface area contributed by atoms with Crippen LogP contribution in [-0.4, -0.2) is 4.98 Å². The Balaban J connectivity index is 3.54. The maximum atomic E-state index is 3.87. The summed E-state index contributed by atoms with van der Waals surface area (Å²) in [6.45, 7) is 9.71. The second-order valence-electron chi connectivity index (χ2n) is 2.80. The summed E-state index contributed by atoms with van der Waals surface area (Å²) in [5, 5.41) is 1.87. The molecule has 1 heterocycles. The Kier molecular flexibility index (Phi) is 2.70. The molecular formula is C11H13N. The van der Waals surface area contributed by atoms with Crippen molar-refractivity contribution < 1.29 is 0 Å². The van der Waals surface area contributed by atoms with Crippen LogP contribution >= 0.6 is 0 Å². The number of rotatable bonds is 0. The van der Waals surface area contributed by atoms with Crippen LogP contribution in [0.5, 0.6) is 0 Å². The Labute approximate surface area is 72.4 Å². The minimum absolute atomic E-state index is 0.883. The quantitative estimate of drug-likeness (QED) is 0.586. The van der Waals surface area contributed by atoms with Gasteiger partial charge in [0.15, 0.2) is 0 Å². The van der Waals surface area contributed by atoms with Crippen LogP contribution in [0, 0.1) is 6.92 Å². The first-order chi connectivity index (χ1) is 5.68. The van der Waals surface area contributed by atoms with Crippen LogP contribution in [0.4, 0.5) is 0 Å². The van der Waals surface area contributed by atoms with Gasteiger partial charge < -0.3 is 4.98 Å². The van der Waals surface area contributed by atoms with Crippen molar-refractivity contribution in [3.05, 3.63) is 46.6 Å². The van der Waals surface area contributed by atoms with E-state index < -0.39 is 0 Å². The van der Waals surface area contributed by atoms with Crippen LogP contribution in [-0.2, 0) is 0 Å². The van der Waals surface area contributed by atoms with E-state index in [9.17, 15) is 0 Å². The zero-order valence-electron chi connectivity index (χ0n) is 7.30. The van der Waals surface area contributed by atoms with Crippen LogP contribution < -0.4 is 10.6 Å². The Morgan fingerprint density at radius 2 is 1.92 bits per heavy atom. The van der Waals surface area contributed by atoms with Gasteiger partial charge in [0.05, 0.1) is 0 Å². The number of hydrogen-bond acceptors (Lipinski definition) is 0. The molecule has 1 N–H and O–H groups in total. The van der Waals surface area contributed by atoms with Crippen molar-refractivity contribution in [3.63, 3.8) is 0 Å². The molecule has 0 atom stereocenters. The molecule has 0 spiro atoms. The van der Waals surface area contributed by atoms with E-state index in [1.54, 1.807) is 0 Å². The topological polar surface area (TPSA) is 15.8 Å². The highest BCUT2D eigenvalue weighted by Crippen LogP contribution is 1.83. The summed E-state index contributed by atoms with van der Waals surface area (Å²) in [5.74, 6) is 0. The molecule has 0 saturated heterocycles. The lowest BCUT2D eigenvalue weighted by atomic mass is 10.3. The zero-order valence-corrected chi connectivity index (χ0v) is 7.30. The van der Waals surface area contributed by atoms with Gasteiger partial charge in [0.25, 0.3) is 0 Å². The third-order valence-corrected chi connectivity index (χ3v) is 1.53. The van der Waals surface area contributed by atoms with Crippen LogP contribution in [0.1, 0.15) is 5.56 Å². The van der Waals surface area contributed by atoms with Crippen molar-refractivity contribution in [1.82, 2.24) is 4.98 Å². The molecule has 0 amide bonds. The van der Waals surface area contributed by atoms with Crippen molar-refractivity contribution in [2.24, 2.45) is 0 Å². The van der Waals surface area contributed by atoms with Crippen LogP contribution in [0.15, 0.2) is 30.5 Å². The van der Waals surface area contributed by atoms with Gasteiger partial charge in [-0.3, -0.25) is 0 Å². The van der Waals surface area contributed by atoms with E-state index in [0.717, 1.165) is 10.6 Å². The molecule has 0 saturated carbocycles. The summed E-state index contributed by atoms with van der Waals surface area (Å²) in [5.41, 5.74) is 1.18. The molecule has 12 heavy (non-hydrogen) atoms. The lowest BCUT2D eigenvalue weighted by molar-refractivity contribution is 1.28. The fourth-order valence-electron chi connectivity index (χ4n) is 0.925. The van der Waals surface area contributed by atoms with Gasteiger partial charge in [0, 0.05) is 11.5 Å². The first-order valence-corrected chi connectivity index (χ1v) is 3.86. The van der Waals surface area contributed by atoms with E-state index in [4.69, 9.17) is 0 Å². The summed E-state index contributed by atoms with van der Waals surface area (Å²) in [6, 6.07) is 7.89. The Hall–Kier alpha value is -1.50. The van der Waals surface area contributed by atoms with Gasteiger partial charge in [-0.25, -0.2) is 0 Å². The summed E-state index contributed by atoms with van der Waals surface area (Å²) in [4.78, 5) is 3.02. The van der Waals surface area contributed by atoms with E-state index in [1.807, 2.05) is 37.4 Å². The fourth-order valence-corrected chi connectivity index (χ4v) is 0.925. The minimum atomic E-state index is 0.883. The fraction of sp³-hybridized carbons (Fsp3) is 0.0909. The molecule has 1 rings (SSSR count). The predicted molar refractivity (Wildman–Crippen MR) is 53.5 cm³/mol. The van der Waals surface area contributed by atoms with E-state index in [-0.39, 0.29) is 0 Å². The van der Waals surface area contributed by atoms with E-state index in [2.05, 4.69) is 18.1 Å². The summed E-state index contributed by atoms with van der Waals surface area (Å²) < 4.78 is 0. The molecule has 1 aromatic heterocycles. The highest BCUT2D eigenvalue weighted by Gasteiger charge is 1.74. The van der Waals surface area contributed by atoms with Gasteiger partial charge in [-0.2, -0.15) is 0 Å². The van der Waals surface area contributed by atoms with Gasteiger partial charge in [-0.05, 0) is 24.3 Å². The number of H-pyrrole nitrogens is 1. The number of aryl methyl sites for hydroxylation is 1. The molecular weight excluding hydrogens is 146 g/mol. The molecule has 0 unspecified atom stereocenters. The average molecular weight is 159 g/mol. The highest BCUT2D eigenvalue weighted by molar-refractivity contribution is 5.13. The third kappa shape index (κ3) is 2.62. The zero-order chi connectivity index (χ0) is 8.97. The molecule has 1 nitrogen and oxygen atoms in total. The monoisotopic (exact) mass is 159 g/mol. The molecule has 0 aliphatic heterocycles.